The van der Waals surface area contributed by atoms with Gasteiger partial charge in [0.1, 0.15) is 0 Å². The molecule has 0 spiro atoms. The molecule has 0 amide bonds. The molecule has 0 N–H and O–H groups in total. The molecule has 0 bridgehead atoms. The van der Waals surface area contributed by atoms with E-state index in [1.807, 2.05) is 0 Å². The summed E-state index contributed by atoms with van der Waals surface area (Å²) in [6, 6.07) is 0. The lowest BCUT2D eigenvalue weighted by molar-refractivity contribution is 0.205. The summed E-state index contributed by atoms with van der Waals surface area (Å²) >= 11 is 0. The highest BCUT2D eigenvalue weighted by atomic mass is 14.3. The molecule has 0 heteroatoms. The Bertz CT molecular complexity index is 220. The van der Waals surface area contributed by atoms with Crippen molar-refractivity contribution < 1.29 is 0 Å². The third-order valence-electron chi connectivity index (χ3n) is 5.67. The van der Waals surface area contributed by atoms with Gasteiger partial charge in [0.25, 0.3) is 0 Å². The van der Waals surface area contributed by atoms with Crippen LogP contribution in [-0.4, -0.2) is 0 Å². The molecule has 0 saturated heterocycles. The molecule has 5 unspecified atom stereocenters. The first-order valence-corrected chi connectivity index (χ1v) is 9.98. The molecule has 128 valence electrons. The quantitative estimate of drug-likeness (QED) is 0.326. The summed E-state index contributed by atoms with van der Waals surface area (Å²) in [7, 11) is 0. The minimum atomic E-state index is 0.903. The average Bonchev–Trinajstić information content (AvgIpc) is 2.45. The van der Waals surface area contributed by atoms with Crippen LogP contribution in [0.4, 0.5) is 0 Å². The van der Waals surface area contributed by atoms with Crippen molar-refractivity contribution in [1.29, 1.82) is 0 Å². The van der Waals surface area contributed by atoms with Crippen LogP contribution in [0.5, 0.6) is 0 Å². The van der Waals surface area contributed by atoms with E-state index in [0.29, 0.717) is 0 Å². The van der Waals surface area contributed by atoms with Gasteiger partial charge >= 0.3 is 0 Å². The van der Waals surface area contributed by atoms with Crippen LogP contribution in [0.3, 0.4) is 0 Å². The van der Waals surface area contributed by atoms with Gasteiger partial charge in [-0.05, 0) is 48.9 Å². The Morgan fingerprint density at radius 3 is 1.57 bits per heavy atom. The van der Waals surface area contributed by atoms with Crippen molar-refractivity contribution >= 4 is 0 Å². The van der Waals surface area contributed by atoms with Crippen LogP contribution in [0, 0.1) is 29.6 Å². The molecule has 0 aliphatic heterocycles. The van der Waals surface area contributed by atoms with E-state index in [-0.39, 0.29) is 0 Å². The summed E-state index contributed by atoms with van der Waals surface area (Å²) in [6.07, 6.45) is 12.6. The number of hydrogen-bond donors (Lipinski definition) is 0. The highest BCUT2D eigenvalue weighted by molar-refractivity contribution is 4.74. The molecular formula is C21H44. The van der Waals surface area contributed by atoms with Crippen LogP contribution in [-0.2, 0) is 0 Å². The third-order valence-corrected chi connectivity index (χ3v) is 5.67. The van der Waals surface area contributed by atoms with Crippen molar-refractivity contribution in [2.75, 3.05) is 0 Å². The van der Waals surface area contributed by atoms with Crippen molar-refractivity contribution in [3.8, 4) is 0 Å². The molecule has 5 atom stereocenters. The largest absolute Gasteiger partial charge is 0.0654 e. The van der Waals surface area contributed by atoms with Gasteiger partial charge in [-0.1, -0.05) is 87.0 Å². The summed E-state index contributed by atoms with van der Waals surface area (Å²) in [5.74, 6) is 4.65. The molecule has 0 aliphatic rings. The van der Waals surface area contributed by atoms with Crippen molar-refractivity contribution in [2.45, 2.75) is 106 Å². The summed E-state index contributed by atoms with van der Waals surface area (Å²) < 4.78 is 0. The van der Waals surface area contributed by atoms with Crippen LogP contribution in [0.25, 0.3) is 0 Å². The standard InChI is InChI=1S/C21H44/c1-8-12-17(5)14-20(11-4)16-21(19(7)10-3)15-18(6)13-9-2/h17-21H,8-16H2,1-7H3. The molecule has 0 aromatic rings. The average molecular weight is 297 g/mol. The van der Waals surface area contributed by atoms with Gasteiger partial charge in [-0.3, -0.25) is 0 Å². The fraction of sp³-hybridized carbons (Fsp3) is 1.00. The van der Waals surface area contributed by atoms with Gasteiger partial charge in [-0.25, -0.2) is 0 Å². The Balaban J connectivity index is 4.52. The predicted molar refractivity (Wildman–Crippen MR) is 98.7 cm³/mol. The lowest BCUT2D eigenvalue weighted by Gasteiger charge is -2.30. The second-order valence-corrected chi connectivity index (χ2v) is 7.91. The first-order chi connectivity index (χ1) is 9.98. The van der Waals surface area contributed by atoms with Crippen molar-refractivity contribution in [3.05, 3.63) is 0 Å². The second-order valence-electron chi connectivity index (χ2n) is 7.91. The predicted octanol–water partition coefficient (Wildman–Crippen LogP) is 7.72. The minimum Gasteiger partial charge on any atom is -0.0654 e. The number of hydrogen-bond acceptors (Lipinski definition) is 0. The van der Waals surface area contributed by atoms with Gasteiger partial charge in [0.05, 0.1) is 0 Å². The Morgan fingerprint density at radius 2 is 1.14 bits per heavy atom. The molecular weight excluding hydrogens is 252 g/mol. The summed E-state index contributed by atoms with van der Waals surface area (Å²) in [5, 5.41) is 0. The van der Waals surface area contributed by atoms with E-state index in [4.69, 9.17) is 0 Å². The normalized spacial score (nSPS) is 19.0. The molecule has 0 heterocycles. The molecule has 0 rings (SSSR count). The molecule has 0 aromatic heterocycles. The van der Waals surface area contributed by atoms with Crippen LogP contribution >= 0.6 is 0 Å². The molecule has 0 saturated carbocycles. The van der Waals surface area contributed by atoms with Gasteiger partial charge in [0, 0.05) is 0 Å². The molecule has 0 radical (unpaired) electrons. The zero-order valence-corrected chi connectivity index (χ0v) is 16.3. The van der Waals surface area contributed by atoms with E-state index in [1.54, 1.807) is 0 Å². The molecule has 0 aromatic carbocycles. The minimum absolute atomic E-state index is 0.903. The monoisotopic (exact) mass is 296 g/mol. The van der Waals surface area contributed by atoms with E-state index >= 15 is 0 Å². The maximum atomic E-state index is 2.49. The van der Waals surface area contributed by atoms with E-state index in [0.717, 1.165) is 29.6 Å². The zero-order chi connectivity index (χ0) is 16.3. The summed E-state index contributed by atoms with van der Waals surface area (Å²) in [5.41, 5.74) is 0. The fourth-order valence-corrected chi connectivity index (χ4v) is 4.06. The first kappa shape index (κ1) is 21.0. The Labute approximate surface area is 136 Å². The zero-order valence-electron chi connectivity index (χ0n) is 16.3. The maximum absolute atomic E-state index is 2.49. The topological polar surface area (TPSA) is 0 Å². The van der Waals surface area contributed by atoms with Gasteiger partial charge in [0.2, 0.25) is 0 Å². The smallest absolute Gasteiger partial charge is 0.0383 e. The Hall–Kier alpha value is 0. The highest BCUT2D eigenvalue weighted by Gasteiger charge is 2.23. The van der Waals surface area contributed by atoms with Gasteiger partial charge in [0.15, 0.2) is 0 Å². The molecule has 0 aliphatic carbocycles. The van der Waals surface area contributed by atoms with E-state index < -0.39 is 0 Å². The van der Waals surface area contributed by atoms with Crippen molar-refractivity contribution in [2.24, 2.45) is 29.6 Å². The van der Waals surface area contributed by atoms with E-state index in [2.05, 4.69) is 48.5 Å². The van der Waals surface area contributed by atoms with Crippen molar-refractivity contribution in [3.63, 3.8) is 0 Å². The summed E-state index contributed by atoms with van der Waals surface area (Å²) in [4.78, 5) is 0. The SMILES string of the molecule is CCCC(C)CC(CC)CC(CC(C)CCC)C(C)CC. The second kappa shape index (κ2) is 12.5. The fourth-order valence-electron chi connectivity index (χ4n) is 4.06. The lowest BCUT2D eigenvalue weighted by atomic mass is 9.75. The van der Waals surface area contributed by atoms with Gasteiger partial charge in [-0.2, -0.15) is 0 Å². The van der Waals surface area contributed by atoms with Gasteiger partial charge < -0.3 is 0 Å². The molecule has 0 nitrogen and oxygen atoms in total. The van der Waals surface area contributed by atoms with Crippen LogP contribution in [0.2, 0.25) is 0 Å². The first-order valence-electron chi connectivity index (χ1n) is 9.98. The van der Waals surface area contributed by atoms with E-state index in [1.165, 1.54) is 57.8 Å². The van der Waals surface area contributed by atoms with E-state index in [9.17, 15) is 0 Å². The van der Waals surface area contributed by atoms with Gasteiger partial charge in [-0.15, -0.1) is 0 Å². The lowest BCUT2D eigenvalue weighted by Crippen LogP contribution is -2.20. The third kappa shape index (κ3) is 9.59. The summed E-state index contributed by atoms with van der Waals surface area (Å²) in [6.45, 7) is 16.9. The molecule has 0 fully saturated rings. The van der Waals surface area contributed by atoms with Crippen LogP contribution in [0.15, 0.2) is 0 Å². The number of rotatable bonds is 13. The maximum Gasteiger partial charge on any atom is -0.0383 e. The Kier molecular flexibility index (Phi) is 12.5. The highest BCUT2D eigenvalue weighted by Crippen LogP contribution is 2.34. The van der Waals surface area contributed by atoms with Crippen molar-refractivity contribution in [1.82, 2.24) is 0 Å². The van der Waals surface area contributed by atoms with Crippen LogP contribution in [0.1, 0.15) is 106 Å². The Morgan fingerprint density at radius 1 is 0.619 bits per heavy atom. The molecule has 21 heavy (non-hydrogen) atoms. The van der Waals surface area contributed by atoms with Crippen LogP contribution < -0.4 is 0 Å².